The fraction of sp³-hybridized carbons (Fsp3) is 1.00. The largest absolute Gasteiger partial charge is 0.396 e. The maximum atomic E-state index is 8.72. The molecule has 0 amide bonds. The molecule has 0 heterocycles. The van der Waals surface area contributed by atoms with Crippen LogP contribution in [0.15, 0.2) is 0 Å². The summed E-state index contributed by atoms with van der Waals surface area (Å²) >= 11 is 4.84. The number of unbranched alkanes of at least 4 members (excludes halogenated alkanes) is 1. The van der Waals surface area contributed by atoms with E-state index >= 15 is 0 Å². The zero-order valence-electron chi connectivity index (χ0n) is 9.91. The van der Waals surface area contributed by atoms with Gasteiger partial charge in [0.15, 0.2) is 0 Å². The molecule has 3 heteroatoms. The smallest absolute Gasteiger partial charge is 0.0431 e. The maximum Gasteiger partial charge on any atom is 0.0431 e. The molecule has 1 rings (SSSR count). The molecule has 0 spiro atoms. The zero-order valence-corrected chi connectivity index (χ0v) is 10.8. The molecule has 0 unspecified atom stereocenters. The summed E-state index contributed by atoms with van der Waals surface area (Å²) in [5.74, 6) is 0. The van der Waals surface area contributed by atoms with E-state index in [1.807, 2.05) is 0 Å². The van der Waals surface area contributed by atoms with Gasteiger partial charge in [-0.05, 0) is 39.3 Å². The second-order valence-electron chi connectivity index (χ2n) is 4.95. The minimum absolute atomic E-state index is 0.256. The van der Waals surface area contributed by atoms with Crippen molar-refractivity contribution in [1.82, 2.24) is 4.90 Å². The van der Waals surface area contributed by atoms with E-state index in [0.717, 1.165) is 25.9 Å². The molecule has 90 valence electrons. The predicted octanol–water partition coefficient (Wildman–Crippen LogP) is 2.32. The average molecular weight is 231 g/mol. The van der Waals surface area contributed by atoms with Crippen LogP contribution in [0.2, 0.25) is 0 Å². The molecular weight excluding hydrogens is 206 g/mol. The fourth-order valence-corrected chi connectivity index (χ4v) is 3.00. The Morgan fingerprint density at radius 2 is 1.87 bits per heavy atom. The number of aliphatic hydroxyl groups excluding tert-OH is 1. The first-order valence-electron chi connectivity index (χ1n) is 6.18. The molecule has 0 atom stereocenters. The Bertz CT molecular complexity index is 169. The van der Waals surface area contributed by atoms with Crippen molar-refractivity contribution in [3.8, 4) is 0 Å². The summed E-state index contributed by atoms with van der Waals surface area (Å²) < 4.78 is 0.256. The molecule has 1 saturated carbocycles. The van der Waals surface area contributed by atoms with Crippen LogP contribution in [0.4, 0.5) is 0 Å². The van der Waals surface area contributed by atoms with Crippen molar-refractivity contribution in [2.45, 2.75) is 49.7 Å². The quantitative estimate of drug-likeness (QED) is 0.541. The highest BCUT2D eigenvalue weighted by Crippen LogP contribution is 2.34. The van der Waals surface area contributed by atoms with E-state index in [-0.39, 0.29) is 4.75 Å². The lowest BCUT2D eigenvalue weighted by molar-refractivity contribution is 0.237. The Balaban J connectivity index is 2.20. The third-order valence-electron chi connectivity index (χ3n) is 3.30. The molecule has 1 aliphatic rings. The van der Waals surface area contributed by atoms with Crippen LogP contribution in [0.3, 0.4) is 0 Å². The lowest BCUT2D eigenvalue weighted by atomic mass is 9.88. The van der Waals surface area contributed by atoms with Crippen molar-refractivity contribution in [2.75, 3.05) is 26.7 Å². The summed E-state index contributed by atoms with van der Waals surface area (Å²) in [6, 6.07) is 0. The van der Waals surface area contributed by atoms with Crippen LogP contribution in [0.25, 0.3) is 0 Å². The Morgan fingerprint density at radius 1 is 1.20 bits per heavy atom. The van der Waals surface area contributed by atoms with E-state index < -0.39 is 0 Å². The van der Waals surface area contributed by atoms with Crippen LogP contribution in [0.5, 0.6) is 0 Å². The Morgan fingerprint density at radius 3 is 2.47 bits per heavy atom. The molecule has 1 fully saturated rings. The van der Waals surface area contributed by atoms with Crippen molar-refractivity contribution in [3.05, 3.63) is 0 Å². The SMILES string of the molecule is CN(CCCCO)CC1(S)CCCCC1. The number of thiol groups is 1. The number of nitrogens with zero attached hydrogens (tertiary/aromatic N) is 1. The molecule has 2 nitrogen and oxygen atoms in total. The highest BCUT2D eigenvalue weighted by atomic mass is 32.1. The van der Waals surface area contributed by atoms with Gasteiger partial charge in [0.2, 0.25) is 0 Å². The van der Waals surface area contributed by atoms with E-state index in [0.29, 0.717) is 6.61 Å². The molecule has 0 radical (unpaired) electrons. The molecular formula is C12H25NOS. The van der Waals surface area contributed by atoms with E-state index in [4.69, 9.17) is 17.7 Å². The first-order chi connectivity index (χ1) is 7.16. The van der Waals surface area contributed by atoms with Crippen molar-refractivity contribution in [2.24, 2.45) is 0 Å². The van der Waals surface area contributed by atoms with Crippen molar-refractivity contribution in [1.29, 1.82) is 0 Å². The molecule has 0 bridgehead atoms. The van der Waals surface area contributed by atoms with Crippen LogP contribution in [0.1, 0.15) is 44.9 Å². The van der Waals surface area contributed by atoms with Gasteiger partial charge in [-0.1, -0.05) is 19.3 Å². The molecule has 0 aromatic rings. The number of aliphatic hydroxyl groups is 1. The van der Waals surface area contributed by atoms with Crippen LogP contribution < -0.4 is 0 Å². The summed E-state index contributed by atoms with van der Waals surface area (Å²) in [6.07, 6.45) is 8.61. The molecule has 0 aromatic heterocycles. The topological polar surface area (TPSA) is 23.5 Å². The zero-order chi connectivity index (χ0) is 11.1. The number of rotatable bonds is 6. The standard InChI is InChI=1S/C12H25NOS/c1-13(9-5-6-10-14)11-12(15)7-3-2-4-8-12/h14-15H,2-11H2,1H3. The number of hydrogen-bond acceptors (Lipinski definition) is 3. The highest BCUT2D eigenvalue weighted by Gasteiger charge is 2.28. The minimum atomic E-state index is 0.256. The fourth-order valence-electron chi connectivity index (χ4n) is 2.44. The molecule has 0 aromatic carbocycles. The molecule has 15 heavy (non-hydrogen) atoms. The Labute approximate surface area is 99.5 Å². The normalized spacial score (nSPS) is 20.8. The predicted molar refractivity (Wildman–Crippen MR) is 68.6 cm³/mol. The van der Waals surface area contributed by atoms with Crippen molar-refractivity contribution in [3.63, 3.8) is 0 Å². The van der Waals surface area contributed by atoms with Gasteiger partial charge in [0, 0.05) is 17.9 Å². The van der Waals surface area contributed by atoms with Gasteiger partial charge in [0.05, 0.1) is 0 Å². The van der Waals surface area contributed by atoms with Crippen LogP contribution in [0, 0.1) is 0 Å². The van der Waals surface area contributed by atoms with Crippen molar-refractivity contribution < 1.29 is 5.11 Å². The summed E-state index contributed by atoms with van der Waals surface area (Å²) in [5.41, 5.74) is 0. The lowest BCUT2D eigenvalue weighted by Gasteiger charge is -2.36. The third kappa shape index (κ3) is 5.23. The Hall–Kier alpha value is 0.270. The first-order valence-corrected chi connectivity index (χ1v) is 6.63. The van der Waals surface area contributed by atoms with Gasteiger partial charge in [-0.15, -0.1) is 0 Å². The molecule has 0 aliphatic heterocycles. The lowest BCUT2D eigenvalue weighted by Crippen LogP contribution is -2.39. The summed E-state index contributed by atoms with van der Waals surface area (Å²) in [5, 5.41) is 8.72. The molecule has 0 saturated heterocycles. The second-order valence-corrected chi connectivity index (χ2v) is 5.90. The van der Waals surface area contributed by atoms with Gasteiger partial charge in [0.1, 0.15) is 0 Å². The van der Waals surface area contributed by atoms with Gasteiger partial charge in [-0.2, -0.15) is 12.6 Å². The van der Waals surface area contributed by atoms with E-state index in [2.05, 4.69) is 11.9 Å². The molecule has 1 N–H and O–H groups in total. The van der Waals surface area contributed by atoms with Gasteiger partial charge in [-0.3, -0.25) is 0 Å². The Kier molecular flexibility index (Phi) is 6.02. The molecule has 1 aliphatic carbocycles. The highest BCUT2D eigenvalue weighted by molar-refractivity contribution is 7.81. The maximum absolute atomic E-state index is 8.72. The monoisotopic (exact) mass is 231 g/mol. The minimum Gasteiger partial charge on any atom is -0.396 e. The van der Waals surface area contributed by atoms with E-state index in [1.165, 1.54) is 32.1 Å². The van der Waals surface area contributed by atoms with E-state index in [9.17, 15) is 0 Å². The first kappa shape index (κ1) is 13.3. The van der Waals surface area contributed by atoms with Gasteiger partial charge in [0.25, 0.3) is 0 Å². The summed E-state index contributed by atoms with van der Waals surface area (Å²) in [7, 11) is 2.17. The van der Waals surface area contributed by atoms with Crippen LogP contribution in [-0.4, -0.2) is 41.5 Å². The third-order valence-corrected chi connectivity index (χ3v) is 3.89. The second kappa shape index (κ2) is 6.77. The van der Waals surface area contributed by atoms with Crippen LogP contribution >= 0.6 is 12.6 Å². The van der Waals surface area contributed by atoms with Gasteiger partial charge >= 0.3 is 0 Å². The van der Waals surface area contributed by atoms with Gasteiger partial charge < -0.3 is 10.0 Å². The van der Waals surface area contributed by atoms with Crippen molar-refractivity contribution >= 4 is 12.6 Å². The van der Waals surface area contributed by atoms with E-state index in [1.54, 1.807) is 0 Å². The van der Waals surface area contributed by atoms with Gasteiger partial charge in [-0.25, -0.2) is 0 Å². The summed E-state index contributed by atoms with van der Waals surface area (Å²) in [6.45, 7) is 2.50. The number of hydrogen-bond donors (Lipinski definition) is 2. The van der Waals surface area contributed by atoms with Crippen LogP contribution in [-0.2, 0) is 0 Å². The average Bonchev–Trinajstić information content (AvgIpc) is 2.18. The summed E-state index contributed by atoms with van der Waals surface area (Å²) in [4.78, 5) is 2.37.